The molecule has 2 atom stereocenters. The molecule has 1 saturated carbocycles. The van der Waals surface area contributed by atoms with Crippen LogP contribution in [0.4, 0.5) is 0 Å². The van der Waals surface area contributed by atoms with Crippen LogP contribution < -0.4 is 5.73 Å². The van der Waals surface area contributed by atoms with Gasteiger partial charge in [-0.15, -0.1) is 0 Å². The summed E-state index contributed by atoms with van der Waals surface area (Å²) < 4.78 is 2.23. The number of rotatable bonds is 5. The maximum absolute atomic E-state index is 6.24. The van der Waals surface area contributed by atoms with E-state index in [-0.39, 0.29) is 0 Å². The molecule has 2 fully saturated rings. The average Bonchev–Trinajstić information content (AvgIpc) is 3.01. The number of likely N-dealkylation sites (tertiary alicyclic amines) is 1. The van der Waals surface area contributed by atoms with Gasteiger partial charge in [-0.2, -0.15) is 0 Å². The highest BCUT2D eigenvalue weighted by atomic mass is 15.2. The Labute approximate surface area is 109 Å². The largest absolute Gasteiger partial charge is 0.335 e. The zero-order chi connectivity index (χ0) is 12.5. The summed E-state index contributed by atoms with van der Waals surface area (Å²) >= 11 is 0. The first-order valence-electron chi connectivity index (χ1n) is 7.19. The minimum atomic E-state index is 0.424. The third-order valence-electron chi connectivity index (χ3n) is 4.51. The van der Waals surface area contributed by atoms with Crippen LogP contribution in [-0.4, -0.2) is 40.1 Å². The smallest absolute Gasteiger partial charge is 0.105 e. The van der Waals surface area contributed by atoms with Crippen LogP contribution in [-0.2, 0) is 6.54 Å². The van der Waals surface area contributed by atoms with E-state index in [0.717, 1.165) is 30.7 Å². The van der Waals surface area contributed by atoms with Crippen LogP contribution in [0.2, 0.25) is 0 Å². The van der Waals surface area contributed by atoms with Gasteiger partial charge in [0.2, 0.25) is 0 Å². The van der Waals surface area contributed by atoms with E-state index in [1.165, 1.54) is 32.4 Å². The van der Waals surface area contributed by atoms with Gasteiger partial charge in [0.25, 0.3) is 0 Å². The fourth-order valence-electron chi connectivity index (χ4n) is 3.25. The van der Waals surface area contributed by atoms with Crippen molar-refractivity contribution in [3.05, 3.63) is 18.2 Å². The number of aromatic nitrogens is 2. The molecule has 1 aromatic heterocycles. The fourth-order valence-corrected chi connectivity index (χ4v) is 3.25. The summed E-state index contributed by atoms with van der Waals surface area (Å²) in [6.45, 7) is 6.65. The maximum atomic E-state index is 6.24. The first kappa shape index (κ1) is 12.2. The highest BCUT2D eigenvalue weighted by Crippen LogP contribution is 2.40. The molecule has 0 unspecified atom stereocenters. The molecule has 0 spiro atoms. The normalized spacial score (nSPS) is 29.0. The Hall–Kier alpha value is -0.870. The Morgan fingerprint density at radius 2 is 2.17 bits per heavy atom. The predicted molar refractivity (Wildman–Crippen MR) is 72.2 cm³/mol. The van der Waals surface area contributed by atoms with Crippen LogP contribution in [0.5, 0.6) is 0 Å². The van der Waals surface area contributed by atoms with E-state index < -0.39 is 0 Å². The molecule has 1 aromatic rings. The Morgan fingerprint density at radius 1 is 1.33 bits per heavy atom. The summed E-state index contributed by atoms with van der Waals surface area (Å²) in [6.07, 6.45) is 7.98. The van der Waals surface area contributed by atoms with Crippen LogP contribution in [0.1, 0.15) is 25.1 Å². The second kappa shape index (κ2) is 5.02. The number of nitrogens with two attached hydrogens (primary N) is 1. The Morgan fingerprint density at radius 3 is 2.83 bits per heavy atom. The Bertz CT molecular complexity index is 396. The van der Waals surface area contributed by atoms with Gasteiger partial charge in [0, 0.05) is 38.1 Å². The van der Waals surface area contributed by atoms with E-state index in [2.05, 4.69) is 27.6 Å². The van der Waals surface area contributed by atoms with Crippen LogP contribution in [0.25, 0.3) is 0 Å². The lowest BCUT2D eigenvalue weighted by molar-refractivity contribution is 0.305. The van der Waals surface area contributed by atoms with Crippen molar-refractivity contribution in [1.29, 1.82) is 0 Å². The second-order valence-electron chi connectivity index (χ2n) is 5.95. The number of hydrogen-bond donors (Lipinski definition) is 1. The molecule has 2 heterocycles. The van der Waals surface area contributed by atoms with Crippen LogP contribution in [0.3, 0.4) is 0 Å². The van der Waals surface area contributed by atoms with Gasteiger partial charge in [0.05, 0.1) is 0 Å². The minimum absolute atomic E-state index is 0.424. The molecule has 0 radical (unpaired) electrons. The van der Waals surface area contributed by atoms with E-state index in [1.807, 2.05) is 6.20 Å². The van der Waals surface area contributed by atoms with E-state index in [4.69, 9.17) is 5.73 Å². The molecule has 4 nitrogen and oxygen atoms in total. The van der Waals surface area contributed by atoms with Crippen molar-refractivity contribution in [3.63, 3.8) is 0 Å². The Balaban J connectivity index is 1.43. The third kappa shape index (κ3) is 2.59. The van der Waals surface area contributed by atoms with E-state index >= 15 is 0 Å². The molecule has 1 aliphatic carbocycles. The number of imidazole rings is 1. The van der Waals surface area contributed by atoms with E-state index in [1.54, 1.807) is 0 Å². The summed E-state index contributed by atoms with van der Waals surface area (Å²) in [5.41, 5.74) is 6.24. The van der Waals surface area contributed by atoms with Gasteiger partial charge in [0.15, 0.2) is 0 Å². The number of aryl methyl sites for hydroxylation is 2. The van der Waals surface area contributed by atoms with Crippen LogP contribution in [0, 0.1) is 18.8 Å². The summed E-state index contributed by atoms with van der Waals surface area (Å²) in [6, 6.07) is 0.424. The van der Waals surface area contributed by atoms with Gasteiger partial charge < -0.3 is 15.2 Å². The molecule has 1 aliphatic heterocycles. The molecule has 1 saturated heterocycles. The minimum Gasteiger partial charge on any atom is -0.335 e. The van der Waals surface area contributed by atoms with Crippen molar-refractivity contribution < 1.29 is 0 Å². The summed E-state index contributed by atoms with van der Waals surface area (Å²) in [7, 11) is 0. The van der Waals surface area contributed by atoms with Gasteiger partial charge in [-0.1, -0.05) is 0 Å². The number of nitrogens with zero attached hydrogens (tertiary/aromatic N) is 3. The van der Waals surface area contributed by atoms with E-state index in [9.17, 15) is 0 Å². The average molecular weight is 248 g/mol. The highest BCUT2D eigenvalue weighted by molar-refractivity contribution is 4.95. The Kier molecular flexibility index (Phi) is 3.39. The second-order valence-corrected chi connectivity index (χ2v) is 5.95. The molecule has 0 bridgehead atoms. The lowest BCUT2D eigenvalue weighted by Crippen LogP contribution is -2.30. The molecule has 3 rings (SSSR count). The summed E-state index contributed by atoms with van der Waals surface area (Å²) in [4.78, 5) is 6.81. The highest BCUT2D eigenvalue weighted by Gasteiger charge is 2.40. The molecule has 2 N–H and O–H groups in total. The SMILES string of the molecule is Cc1nccn1CCCN1C[C@@H](N)[C@H](C2CC2)C1. The van der Waals surface area contributed by atoms with Crippen molar-refractivity contribution in [1.82, 2.24) is 14.5 Å². The van der Waals surface area contributed by atoms with Gasteiger partial charge in [-0.25, -0.2) is 4.98 Å². The van der Waals surface area contributed by atoms with Gasteiger partial charge in [-0.3, -0.25) is 0 Å². The van der Waals surface area contributed by atoms with Crippen molar-refractivity contribution in [3.8, 4) is 0 Å². The zero-order valence-electron chi connectivity index (χ0n) is 11.3. The lowest BCUT2D eigenvalue weighted by atomic mass is 9.99. The molecule has 0 aromatic carbocycles. The molecule has 100 valence electrons. The molecular weight excluding hydrogens is 224 g/mol. The molecule has 18 heavy (non-hydrogen) atoms. The molecule has 0 amide bonds. The topological polar surface area (TPSA) is 47.1 Å². The standard InChI is InChI=1S/C14H24N4/c1-11-16-5-8-18(11)7-2-6-17-9-13(12-3-4-12)14(15)10-17/h5,8,12-14H,2-4,6-7,9-10,15H2,1H3/t13-,14+/m0/s1. The van der Waals surface area contributed by atoms with Crippen LogP contribution >= 0.6 is 0 Å². The third-order valence-corrected chi connectivity index (χ3v) is 4.51. The zero-order valence-corrected chi connectivity index (χ0v) is 11.3. The van der Waals surface area contributed by atoms with Gasteiger partial charge >= 0.3 is 0 Å². The van der Waals surface area contributed by atoms with E-state index in [0.29, 0.717) is 6.04 Å². The van der Waals surface area contributed by atoms with Crippen molar-refractivity contribution in [2.24, 2.45) is 17.6 Å². The van der Waals surface area contributed by atoms with Crippen molar-refractivity contribution in [2.45, 2.75) is 38.8 Å². The van der Waals surface area contributed by atoms with Crippen LogP contribution in [0.15, 0.2) is 12.4 Å². The molecule has 4 heteroatoms. The first-order chi connectivity index (χ1) is 8.74. The molecule has 2 aliphatic rings. The number of hydrogen-bond acceptors (Lipinski definition) is 3. The maximum Gasteiger partial charge on any atom is 0.105 e. The first-order valence-corrected chi connectivity index (χ1v) is 7.19. The fraction of sp³-hybridized carbons (Fsp3) is 0.786. The molecular formula is C14H24N4. The van der Waals surface area contributed by atoms with Gasteiger partial charge in [-0.05, 0) is 44.6 Å². The van der Waals surface area contributed by atoms with Crippen molar-refractivity contribution >= 4 is 0 Å². The lowest BCUT2D eigenvalue weighted by Gasteiger charge is -2.15. The van der Waals surface area contributed by atoms with Crippen molar-refractivity contribution in [2.75, 3.05) is 19.6 Å². The summed E-state index contributed by atoms with van der Waals surface area (Å²) in [5.74, 6) is 2.84. The monoisotopic (exact) mass is 248 g/mol. The predicted octanol–water partition coefficient (Wildman–Crippen LogP) is 1.25. The quantitative estimate of drug-likeness (QED) is 0.853. The van der Waals surface area contributed by atoms with Gasteiger partial charge in [0.1, 0.15) is 5.82 Å². The summed E-state index contributed by atoms with van der Waals surface area (Å²) in [5, 5.41) is 0.